The summed E-state index contributed by atoms with van der Waals surface area (Å²) in [5.74, 6) is -1.37. The van der Waals surface area contributed by atoms with Crippen LogP contribution in [-0.4, -0.2) is 43.8 Å². The zero-order valence-corrected chi connectivity index (χ0v) is 26.1. The molecule has 1 atom stereocenters. The zero-order valence-electron chi connectivity index (χ0n) is 25.3. The lowest BCUT2D eigenvalue weighted by Crippen LogP contribution is -2.54. The topological polar surface area (TPSA) is 86.8 Å². The number of aryl methyl sites for hydroxylation is 1. The minimum atomic E-state index is -4.28. The summed E-state index contributed by atoms with van der Waals surface area (Å²) in [5.41, 5.74) is 2.98. The van der Waals surface area contributed by atoms with Crippen LogP contribution in [0, 0.1) is 12.7 Å². The van der Waals surface area contributed by atoms with Gasteiger partial charge in [0, 0.05) is 19.0 Å². The zero-order chi connectivity index (χ0) is 31.8. The van der Waals surface area contributed by atoms with E-state index in [2.05, 4.69) is 5.32 Å². The molecule has 9 heteroatoms. The number of sulfonamides is 1. The highest BCUT2D eigenvalue weighted by molar-refractivity contribution is 7.92. The van der Waals surface area contributed by atoms with Crippen molar-refractivity contribution in [3.05, 3.63) is 132 Å². The van der Waals surface area contributed by atoms with Gasteiger partial charge in [-0.2, -0.15) is 0 Å². The fourth-order valence-electron chi connectivity index (χ4n) is 5.79. The summed E-state index contributed by atoms with van der Waals surface area (Å²) in [5, 5.41) is 3.18. The number of carbonyl (C=O) groups is 2. The number of rotatable bonds is 12. The number of anilines is 1. The molecule has 0 unspecified atom stereocenters. The van der Waals surface area contributed by atoms with Crippen LogP contribution in [0.25, 0.3) is 0 Å². The molecule has 5 rings (SSSR count). The molecule has 1 aliphatic carbocycles. The van der Waals surface area contributed by atoms with E-state index >= 15 is 0 Å². The van der Waals surface area contributed by atoms with Gasteiger partial charge in [-0.3, -0.25) is 13.9 Å². The number of benzene rings is 4. The second-order valence-corrected chi connectivity index (χ2v) is 13.4. The Morgan fingerprint density at radius 3 is 2.11 bits per heavy atom. The molecule has 0 spiro atoms. The molecule has 45 heavy (non-hydrogen) atoms. The average Bonchev–Trinajstić information content (AvgIpc) is 3.55. The fraction of sp³-hybridized carbons (Fsp3) is 0.278. The highest BCUT2D eigenvalue weighted by atomic mass is 32.2. The molecule has 0 aliphatic heterocycles. The fourth-order valence-corrected chi connectivity index (χ4v) is 7.20. The summed E-state index contributed by atoms with van der Waals surface area (Å²) in [6.07, 6.45) is 4.09. The monoisotopic (exact) mass is 627 g/mol. The van der Waals surface area contributed by atoms with Gasteiger partial charge in [-0.05, 0) is 67.3 Å². The van der Waals surface area contributed by atoms with Crippen molar-refractivity contribution in [2.24, 2.45) is 0 Å². The van der Waals surface area contributed by atoms with Crippen molar-refractivity contribution in [3.8, 4) is 0 Å². The van der Waals surface area contributed by atoms with Crippen LogP contribution in [-0.2, 0) is 32.6 Å². The molecule has 234 valence electrons. The highest BCUT2D eigenvalue weighted by Crippen LogP contribution is 2.26. The van der Waals surface area contributed by atoms with Crippen molar-refractivity contribution >= 4 is 27.5 Å². The molecule has 1 fully saturated rings. The Balaban J connectivity index is 1.55. The van der Waals surface area contributed by atoms with E-state index in [-0.39, 0.29) is 35.5 Å². The first kappa shape index (κ1) is 31.9. The molecule has 1 saturated carbocycles. The number of hydrogen-bond acceptors (Lipinski definition) is 4. The van der Waals surface area contributed by atoms with Gasteiger partial charge in [0.2, 0.25) is 11.8 Å². The van der Waals surface area contributed by atoms with Crippen molar-refractivity contribution in [1.29, 1.82) is 0 Å². The number of amides is 2. The van der Waals surface area contributed by atoms with Crippen LogP contribution >= 0.6 is 0 Å². The average molecular weight is 628 g/mol. The van der Waals surface area contributed by atoms with Crippen LogP contribution in [0.4, 0.5) is 10.1 Å². The van der Waals surface area contributed by atoms with E-state index in [1.54, 1.807) is 30.3 Å². The lowest BCUT2D eigenvalue weighted by molar-refractivity contribution is -0.140. The number of para-hydroxylation sites is 1. The Morgan fingerprint density at radius 1 is 0.844 bits per heavy atom. The predicted octanol–water partition coefficient (Wildman–Crippen LogP) is 6.03. The van der Waals surface area contributed by atoms with Crippen LogP contribution < -0.4 is 9.62 Å². The van der Waals surface area contributed by atoms with Crippen molar-refractivity contribution in [2.75, 3.05) is 10.8 Å². The third kappa shape index (κ3) is 8.16. The number of nitrogens with zero attached hydrogens (tertiary/aromatic N) is 2. The summed E-state index contributed by atoms with van der Waals surface area (Å²) >= 11 is 0. The van der Waals surface area contributed by atoms with Crippen molar-refractivity contribution in [2.45, 2.75) is 62.6 Å². The summed E-state index contributed by atoms with van der Waals surface area (Å²) in [6.45, 7) is 1.50. The molecule has 2 amide bonds. The Labute approximate surface area is 264 Å². The second-order valence-electron chi connectivity index (χ2n) is 11.5. The SMILES string of the molecule is Cc1cccc(CN(C(=O)CN(c2ccccc2)S(=O)(=O)c2ccc(F)cc2)[C@H](Cc2ccccc2)C(=O)NC2CCCC2)c1. The Morgan fingerprint density at radius 2 is 1.47 bits per heavy atom. The first-order valence-electron chi connectivity index (χ1n) is 15.2. The molecule has 1 aliphatic rings. The van der Waals surface area contributed by atoms with E-state index < -0.39 is 34.3 Å². The number of carbonyl (C=O) groups excluding carboxylic acids is 2. The Hall–Kier alpha value is -4.50. The Bertz CT molecular complexity index is 1690. The van der Waals surface area contributed by atoms with Crippen molar-refractivity contribution in [1.82, 2.24) is 10.2 Å². The molecule has 4 aromatic rings. The first-order valence-corrected chi connectivity index (χ1v) is 16.7. The van der Waals surface area contributed by atoms with Crippen molar-refractivity contribution < 1.29 is 22.4 Å². The minimum absolute atomic E-state index is 0.0337. The summed E-state index contributed by atoms with van der Waals surface area (Å²) in [7, 11) is -4.28. The summed E-state index contributed by atoms with van der Waals surface area (Å²) < 4.78 is 42.7. The maximum atomic E-state index is 14.5. The largest absolute Gasteiger partial charge is 0.352 e. The molecule has 0 saturated heterocycles. The van der Waals surface area contributed by atoms with Crippen LogP contribution in [0.1, 0.15) is 42.4 Å². The molecule has 0 aromatic heterocycles. The molecular formula is C36H38FN3O4S. The molecule has 0 radical (unpaired) electrons. The predicted molar refractivity (Wildman–Crippen MR) is 173 cm³/mol. The molecule has 1 N–H and O–H groups in total. The van der Waals surface area contributed by atoms with Gasteiger partial charge in [0.25, 0.3) is 10.0 Å². The van der Waals surface area contributed by atoms with E-state index in [9.17, 15) is 22.4 Å². The van der Waals surface area contributed by atoms with Crippen LogP contribution in [0.2, 0.25) is 0 Å². The summed E-state index contributed by atoms with van der Waals surface area (Å²) in [4.78, 5) is 29.9. The molecule has 0 bridgehead atoms. The van der Waals surface area contributed by atoms with Gasteiger partial charge in [-0.15, -0.1) is 0 Å². The van der Waals surface area contributed by atoms with E-state index in [0.717, 1.165) is 58.8 Å². The van der Waals surface area contributed by atoms with Gasteiger partial charge in [-0.1, -0.05) is 91.2 Å². The van der Waals surface area contributed by atoms with Gasteiger partial charge in [-0.25, -0.2) is 12.8 Å². The van der Waals surface area contributed by atoms with Gasteiger partial charge in [0.15, 0.2) is 0 Å². The smallest absolute Gasteiger partial charge is 0.264 e. The van der Waals surface area contributed by atoms with E-state index in [1.807, 2.05) is 61.5 Å². The van der Waals surface area contributed by atoms with Gasteiger partial charge < -0.3 is 10.2 Å². The van der Waals surface area contributed by atoms with Gasteiger partial charge in [0.05, 0.1) is 10.6 Å². The lowest BCUT2D eigenvalue weighted by atomic mass is 10.0. The van der Waals surface area contributed by atoms with Crippen LogP contribution in [0.5, 0.6) is 0 Å². The van der Waals surface area contributed by atoms with E-state index in [1.165, 1.54) is 17.0 Å². The highest BCUT2D eigenvalue weighted by Gasteiger charge is 2.35. The van der Waals surface area contributed by atoms with Crippen LogP contribution in [0.3, 0.4) is 0 Å². The van der Waals surface area contributed by atoms with Crippen LogP contribution in [0.15, 0.2) is 114 Å². The lowest BCUT2D eigenvalue weighted by Gasteiger charge is -2.34. The van der Waals surface area contributed by atoms with Gasteiger partial charge in [0.1, 0.15) is 18.4 Å². The van der Waals surface area contributed by atoms with Crippen molar-refractivity contribution in [3.63, 3.8) is 0 Å². The quantitative estimate of drug-likeness (QED) is 0.208. The summed E-state index contributed by atoms with van der Waals surface area (Å²) in [6, 6.07) is 29.2. The first-order chi connectivity index (χ1) is 21.7. The van der Waals surface area contributed by atoms with Gasteiger partial charge >= 0.3 is 0 Å². The molecular weight excluding hydrogens is 589 g/mol. The maximum Gasteiger partial charge on any atom is 0.264 e. The molecule has 4 aromatic carbocycles. The minimum Gasteiger partial charge on any atom is -0.352 e. The number of hydrogen-bond donors (Lipinski definition) is 1. The van der Waals surface area contributed by atoms with E-state index in [4.69, 9.17) is 0 Å². The third-order valence-electron chi connectivity index (χ3n) is 8.13. The molecule has 7 nitrogen and oxygen atoms in total. The van der Waals surface area contributed by atoms with E-state index in [0.29, 0.717) is 0 Å². The maximum absolute atomic E-state index is 14.5. The number of nitrogens with one attached hydrogen (secondary N) is 1. The second kappa shape index (κ2) is 14.5. The molecule has 0 heterocycles. The third-order valence-corrected chi connectivity index (χ3v) is 9.92. The normalized spacial score (nSPS) is 14.1. The Kier molecular flexibility index (Phi) is 10.3. The standard InChI is InChI=1S/C36H38FN3O4S/c1-27-11-10-14-29(23-27)25-39(34(24-28-12-4-2-5-13-28)36(42)38-31-15-8-9-16-31)35(41)26-40(32-17-6-3-7-18-32)45(43,44)33-21-19-30(37)20-22-33/h2-7,10-14,17-23,31,34H,8-9,15-16,24-26H2,1H3,(H,38,42)/t34-/m1/s1. The number of halogens is 1.